The molecule has 0 aromatic heterocycles. The third-order valence-electron chi connectivity index (χ3n) is 4.26. The summed E-state index contributed by atoms with van der Waals surface area (Å²) in [6, 6.07) is 25.2. The van der Waals surface area contributed by atoms with Crippen molar-refractivity contribution in [1.29, 1.82) is 0 Å². The Balaban J connectivity index is 1.97. The fraction of sp³-hybridized carbons (Fsp3) is 0.333. The van der Waals surface area contributed by atoms with Crippen molar-refractivity contribution in [2.75, 3.05) is 7.11 Å². The average Bonchev–Trinajstić information content (AvgIpc) is 2.69. The molecule has 0 saturated heterocycles. The molecule has 0 atom stereocenters. The van der Waals surface area contributed by atoms with Crippen molar-refractivity contribution >= 4 is 10.9 Å². The molecule has 0 aliphatic heterocycles. The zero-order chi connectivity index (χ0) is 22.6. The lowest BCUT2D eigenvalue weighted by Gasteiger charge is -2.21. The van der Waals surface area contributed by atoms with Gasteiger partial charge in [0, 0.05) is 0 Å². The summed E-state index contributed by atoms with van der Waals surface area (Å²) in [4.78, 5) is 3.70. The second kappa shape index (κ2) is 9.27. The van der Waals surface area contributed by atoms with E-state index in [4.69, 9.17) is 14.2 Å². The van der Waals surface area contributed by atoms with E-state index in [-0.39, 0.29) is 22.1 Å². The molecule has 3 aromatic rings. The van der Waals surface area contributed by atoms with Gasteiger partial charge in [0.25, 0.3) is 0 Å². The Hall–Kier alpha value is -2.59. The van der Waals surface area contributed by atoms with Gasteiger partial charge in [-0.1, -0.05) is 0 Å². The Kier molecular flexibility index (Phi) is 6.90. The molecule has 0 heterocycles. The van der Waals surface area contributed by atoms with E-state index in [2.05, 4.69) is 102 Å². The van der Waals surface area contributed by atoms with Crippen molar-refractivity contribution in [3.8, 4) is 17.2 Å². The Morgan fingerprint density at radius 1 is 0.484 bits per heavy atom. The molecule has 0 fully saturated rings. The van der Waals surface area contributed by atoms with E-state index < -0.39 is 0 Å². The van der Waals surface area contributed by atoms with Crippen LogP contribution < -0.4 is 14.2 Å². The number of hydrogen-bond donors (Lipinski definition) is 0. The van der Waals surface area contributed by atoms with Crippen LogP contribution in [0, 0.1) is 0 Å². The van der Waals surface area contributed by atoms with Gasteiger partial charge < -0.3 is 14.2 Å². The highest BCUT2D eigenvalue weighted by molar-refractivity contribution is 7.97. The molecule has 0 saturated carbocycles. The van der Waals surface area contributed by atoms with Crippen LogP contribution in [0.15, 0.2) is 87.5 Å². The predicted octanol–water partition coefficient (Wildman–Crippen LogP) is 7.15. The zero-order valence-corrected chi connectivity index (χ0v) is 20.4. The van der Waals surface area contributed by atoms with Gasteiger partial charge in [0.1, 0.15) is 28.5 Å². The second-order valence-electron chi connectivity index (χ2n) is 9.35. The second-order valence-corrected chi connectivity index (χ2v) is 11.4. The van der Waals surface area contributed by atoms with Crippen molar-refractivity contribution < 1.29 is 14.2 Å². The molecule has 3 rings (SSSR count). The molecule has 0 unspecified atom stereocenters. The molecule has 31 heavy (non-hydrogen) atoms. The molecule has 4 heteroatoms. The van der Waals surface area contributed by atoms with Gasteiger partial charge in [-0.15, -0.1) is 0 Å². The Morgan fingerprint density at radius 3 is 1.03 bits per heavy atom. The first-order valence-electron chi connectivity index (χ1n) is 10.5. The first-order chi connectivity index (χ1) is 14.5. The number of ether oxygens (including phenoxy) is 3. The molecule has 0 aliphatic carbocycles. The molecule has 0 amide bonds. The summed E-state index contributed by atoms with van der Waals surface area (Å²) in [5.41, 5.74) is -0.440. The van der Waals surface area contributed by atoms with Gasteiger partial charge in [-0.2, -0.15) is 0 Å². The number of hydrogen-bond acceptors (Lipinski definition) is 3. The average molecular weight is 438 g/mol. The van der Waals surface area contributed by atoms with Crippen molar-refractivity contribution in [3.05, 3.63) is 72.8 Å². The molecule has 0 N–H and O–H groups in total. The minimum Gasteiger partial charge on any atom is -0.497 e. The standard InChI is InChI=1S/C27H33O3S/c1-26(2,3)29-21-10-16-24(17-11-21)31(23-14-8-20(28-7)9-15-23)25-18-12-22(13-19-25)30-27(4,5)6/h8-19H,1-7H3/q+1. The highest BCUT2D eigenvalue weighted by atomic mass is 32.2. The SMILES string of the molecule is COc1ccc([S+](c2ccc(OC(C)(C)C)cc2)c2ccc(OC(C)(C)C)cc2)cc1. The van der Waals surface area contributed by atoms with Gasteiger partial charge in [0.05, 0.1) is 18.0 Å². The Labute approximate surface area is 189 Å². The lowest BCUT2D eigenvalue weighted by molar-refractivity contribution is 0.130. The molecular formula is C27H33O3S+. The third-order valence-corrected chi connectivity index (χ3v) is 6.49. The van der Waals surface area contributed by atoms with E-state index in [0.29, 0.717) is 0 Å². The van der Waals surface area contributed by atoms with Gasteiger partial charge in [-0.25, -0.2) is 0 Å². The molecular weight excluding hydrogens is 404 g/mol. The molecule has 3 nitrogen and oxygen atoms in total. The summed E-state index contributed by atoms with van der Waals surface area (Å²) < 4.78 is 17.4. The predicted molar refractivity (Wildman–Crippen MR) is 129 cm³/mol. The quantitative estimate of drug-likeness (QED) is 0.383. The summed E-state index contributed by atoms with van der Waals surface area (Å²) in [6.45, 7) is 12.4. The summed E-state index contributed by atoms with van der Waals surface area (Å²) in [5.74, 6) is 2.61. The molecule has 3 aromatic carbocycles. The van der Waals surface area contributed by atoms with E-state index in [9.17, 15) is 0 Å². The largest absolute Gasteiger partial charge is 0.497 e. The minimum absolute atomic E-state index is 0.220. The van der Waals surface area contributed by atoms with E-state index in [1.165, 1.54) is 14.7 Å². The van der Waals surface area contributed by atoms with Gasteiger partial charge in [0.2, 0.25) is 0 Å². The normalized spacial score (nSPS) is 12.0. The summed E-state index contributed by atoms with van der Waals surface area (Å²) in [5, 5.41) is 0. The van der Waals surface area contributed by atoms with Gasteiger partial charge >= 0.3 is 0 Å². The maximum atomic E-state index is 6.01. The van der Waals surface area contributed by atoms with Gasteiger partial charge in [-0.3, -0.25) is 0 Å². The summed E-state index contributed by atoms with van der Waals surface area (Å²) >= 11 is 0. The molecule has 0 radical (unpaired) electrons. The fourth-order valence-electron chi connectivity index (χ4n) is 3.11. The highest BCUT2D eigenvalue weighted by Crippen LogP contribution is 2.34. The van der Waals surface area contributed by atoms with Crippen LogP contribution in [0.3, 0.4) is 0 Å². The molecule has 164 valence electrons. The Morgan fingerprint density at radius 2 is 0.774 bits per heavy atom. The van der Waals surface area contributed by atoms with Crippen LogP contribution in [0.25, 0.3) is 0 Å². The van der Waals surface area contributed by atoms with E-state index >= 15 is 0 Å². The fourth-order valence-corrected chi connectivity index (χ4v) is 5.16. The monoisotopic (exact) mass is 437 g/mol. The molecule has 0 bridgehead atoms. The van der Waals surface area contributed by atoms with E-state index in [1.807, 2.05) is 12.1 Å². The number of rotatable bonds is 6. The van der Waals surface area contributed by atoms with Crippen LogP contribution in [0.2, 0.25) is 0 Å². The van der Waals surface area contributed by atoms with Crippen LogP contribution in [0.1, 0.15) is 41.5 Å². The lowest BCUT2D eigenvalue weighted by atomic mass is 10.2. The van der Waals surface area contributed by atoms with Crippen molar-refractivity contribution in [3.63, 3.8) is 0 Å². The highest BCUT2D eigenvalue weighted by Gasteiger charge is 2.29. The van der Waals surface area contributed by atoms with Crippen LogP contribution >= 0.6 is 0 Å². The van der Waals surface area contributed by atoms with E-state index in [1.54, 1.807) is 7.11 Å². The number of benzene rings is 3. The zero-order valence-electron chi connectivity index (χ0n) is 19.6. The smallest absolute Gasteiger partial charge is 0.166 e. The Bertz CT molecular complexity index is 904. The van der Waals surface area contributed by atoms with E-state index in [0.717, 1.165) is 17.2 Å². The summed E-state index contributed by atoms with van der Waals surface area (Å²) in [7, 11) is 1.44. The number of methoxy groups -OCH3 is 1. The maximum absolute atomic E-state index is 6.01. The first kappa shape index (κ1) is 23.1. The first-order valence-corrected chi connectivity index (χ1v) is 11.7. The van der Waals surface area contributed by atoms with Crippen molar-refractivity contribution in [2.45, 2.75) is 67.4 Å². The maximum Gasteiger partial charge on any atom is 0.166 e. The van der Waals surface area contributed by atoms with Crippen LogP contribution in [-0.4, -0.2) is 18.3 Å². The molecule has 0 aliphatic rings. The van der Waals surface area contributed by atoms with Crippen LogP contribution in [0.4, 0.5) is 0 Å². The summed E-state index contributed by atoms with van der Waals surface area (Å²) in [6.07, 6.45) is 0. The van der Waals surface area contributed by atoms with Gasteiger partial charge in [-0.05, 0) is 114 Å². The van der Waals surface area contributed by atoms with Crippen LogP contribution in [0.5, 0.6) is 17.2 Å². The minimum atomic E-state index is -0.254. The third kappa shape index (κ3) is 6.70. The van der Waals surface area contributed by atoms with Gasteiger partial charge in [0.15, 0.2) is 14.7 Å². The molecule has 0 spiro atoms. The topological polar surface area (TPSA) is 27.7 Å². The van der Waals surface area contributed by atoms with Crippen LogP contribution in [-0.2, 0) is 10.9 Å². The van der Waals surface area contributed by atoms with Crippen molar-refractivity contribution in [1.82, 2.24) is 0 Å². The van der Waals surface area contributed by atoms with Crippen molar-refractivity contribution in [2.24, 2.45) is 0 Å². The lowest BCUT2D eigenvalue weighted by Crippen LogP contribution is -2.23.